The van der Waals surface area contributed by atoms with Gasteiger partial charge in [0.1, 0.15) is 6.54 Å². The molecule has 0 bridgehead atoms. The quantitative estimate of drug-likeness (QED) is 0.594. The molecule has 0 saturated carbocycles. The van der Waals surface area contributed by atoms with E-state index in [1.165, 1.54) is 18.2 Å². The molecule has 25 heavy (non-hydrogen) atoms. The van der Waals surface area contributed by atoms with Crippen molar-refractivity contribution in [3.8, 4) is 11.5 Å². The van der Waals surface area contributed by atoms with Crippen LogP contribution in [0, 0.1) is 0 Å². The molecule has 1 fully saturated rings. The van der Waals surface area contributed by atoms with E-state index in [1.54, 1.807) is 13.8 Å². The Kier molecular flexibility index (Phi) is 6.33. The van der Waals surface area contributed by atoms with Crippen molar-refractivity contribution in [3.05, 3.63) is 27.6 Å². The van der Waals surface area contributed by atoms with Crippen molar-refractivity contribution >= 4 is 46.6 Å². The number of ether oxygens (including phenoxy) is 2. The summed E-state index contributed by atoms with van der Waals surface area (Å²) >= 11 is 6.66. The van der Waals surface area contributed by atoms with Crippen LogP contribution < -0.4 is 4.74 Å². The first kappa shape index (κ1) is 19.1. The molecule has 1 aromatic rings. The lowest BCUT2D eigenvalue weighted by Gasteiger charge is -2.11. The fraction of sp³-hybridized carbons (Fsp3) is 0.312. The zero-order valence-electron chi connectivity index (χ0n) is 13.6. The Hall–Kier alpha value is -2.19. The molecular weight excluding hydrogens is 370 g/mol. The molecule has 2 rings (SSSR count). The maximum Gasteiger partial charge on any atom is 0.326 e. The largest absolute Gasteiger partial charge is 0.503 e. The molecular formula is C16H16ClNO6S. The van der Waals surface area contributed by atoms with Gasteiger partial charge in [0.2, 0.25) is 0 Å². The lowest BCUT2D eigenvalue weighted by Crippen LogP contribution is -2.34. The molecule has 0 radical (unpaired) electrons. The molecule has 1 aliphatic rings. The average Bonchev–Trinajstić information content (AvgIpc) is 2.80. The van der Waals surface area contributed by atoms with E-state index in [2.05, 4.69) is 0 Å². The normalized spacial score (nSPS) is 15.8. The molecule has 0 aliphatic carbocycles. The molecule has 7 nitrogen and oxygen atoms in total. The number of thioether (sulfide) groups is 1. The summed E-state index contributed by atoms with van der Waals surface area (Å²) in [6, 6.07) is 2.95. The zero-order chi connectivity index (χ0) is 18.6. The molecule has 9 heteroatoms. The predicted molar refractivity (Wildman–Crippen MR) is 93.6 cm³/mol. The van der Waals surface area contributed by atoms with Gasteiger partial charge in [-0.25, -0.2) is 0 Å². The molecule has 134 valence electrons. The van der Waals surface area contributed by atoms with Crippen LogP contribution in [0.3, 0.4) is 0 Å². The number of aromatic hydroxyl groups is 1. The highest BCUT2D eigenvalue weighted by Crippen LogP contribution is 2.38. The minimum atomic E-state index is -0.655. The molecule has 1 aromatic carbocycles. The van der Waals surface area contributed by atoms with Gasteiger partial charge in [0, 0.05) is 0 Å². The SMILES string of the molecule is CCOC(=O)CN1C(=O)S/C(=C\c2cc(Cl)c(O)c(OCC)c2)C1=O. The highest BCUT2D eigenvalue weighted by atomic mass is 35.5. The summed E-state index contributed by atoms with van der Waals surface area (Å²) in [4.78, 5) is 36.7. The van der Waals surface area contributed by atoms with E-state index in [9.17, 15) is 19.5 Å². The van der Waals surface area contributed by atoms with Crippen molar-refractivity contribution in [2.45, 2.75) is 13.8 Å². The number of esters is 1. The Balaban J connectivity index is 2.26. The number of amides is 2. The number of carbonyl (C=O) groups excluding carboxylic acids is 3. The maximum absolute atomic E-state index is 12.3. The van der Waals surface area contributed by atoms with Crippen molar-refractivity contribution < 1.29 is 29.0 Å². The number of benzene rings is 1. The van der Waals surface area contributed by atoms with Gasteiger partial charge >= 0.3 is 5.97 Å². The van der Waals surface area contributed by atoms with Crippen LogP contribution in [0.25, 0.3) is 6.08 Å². The van der Waals surface area contributed by atoms with E-state index >= 15 is 0 Å². The van der Waals surface area contributed by atoms with Gasteiger partial charge in [-0.05, 0) is 49.4 Å². The average molecular weight is 386 g/mol. The van der Waals surface area contributed by atoms with Gasteiger partial charge in [-0.1, -0.05) is 11.6 Å². The topological polar surface area (TPSA) is 93.1 Å². The molecule has 0 unspecified atom stereocenters. The molecule has 1 aliphatic heterocycles. The number of phenolic OH excluding ortho intramolecular Hbond substituents is 1. The predicted octanol–water partition coefficient (Wildman–Crippen LogP) is 3.04. The first-order valence-corrected chi connectivity index (χ1v) is 8.63. The first-order chi connectivity index (χ1) is 11.9. The number of carbonyl (C=O) groups is 3. The third kappa shape index (κ3) is 4.46. The Morgan fingerprint density at radius 3 is 2.68 bits per heavy atom. The van der Waals surface area contributed by atoms with E-state index in [4.69, 9.17) is 21.1 Å². The van der Waals surface area contributed by atoms with Crippen LogP contribution >= 0.6 is 23.4 Å². The van der Waals surface area contributed by atoms with Crippen molar-refractivity contribution in [2.75, 3.05) is 19.8 Å². The fourth-order valence-electron chi connectivity index (χ4n) is 2.07. The Labute approximate surface area is 153 Å². The number of halogens is 1. The number of rotatable bonds is 6. The van der Waals surface area contributed by atoms with E-state index in [-0.39, 0.29) is 28.0 Å². The van der Waals surface area contributed by atoms with Crippen molar-refractivity contribution in [1.29, 1.82) is 0 Å². The van der Waals surface area contributed by atoms with Crippen molar-refractivity contribution in [2.24, 2.45) is 0 Å². The van der Waals surface area contributed by atoms with Crippen LogP contribution in [-0.2, 0) is 14.3 Å². The highest BCUT2D eigenvalue weighted by Gasteiger charge is 2.36. The van der Waals surface area contributed by atoms with Gasteiger partial charge < -0.3 is 14.6 Å². The number of hydrogen-bond acceptors (Lipinski definition) is 7. The summed E-state index contributed by atoms with van der Waals surface area (Å²) in [5, 5.41) is 9.34. The van der Waals surface area contributed by atoms with E-state index in [0.717, 1.165) is 4.90 Å². The van der Waals surface area contributed by atoms with Gasteiger partial charge in [-0.15, -0.1) is 0 Å². The minimum Gasteiger partial charge on any atom is -0.503 e. The third-order valence-electron chi connectivity index (χ3n) is 3.11. The van der Waals surface area contributed by atoms with Crippen molar-refractivity contribution in [3.63, 3.8) is 0 Å². The Bertz CT molecular complexity index is 748. The molecule has 0 atom stereocenters. The molecule has 1 saturated heterocycles. The summed E-state index contributed by atoms with van der Waals surface area (Å²) in [6.07, 6.45) is 1.45. The summed E-state index contributed by atoms with van der Waals surface area (Å²) in [5.41, 5.74) is 0.480. The molecule has 1 heterocycles. The summed E-state index contributed by atoms with van der Waals surface area (Å²) in [7, 11) is 0. The minimum absolute atomic E-state index is 0.0583. The summed E-state index contributed by atoms with van der Waals surface area (Å²) in [6.45, 7) is 3.44. The highest BCUT2D eigenvalue weighted by molar-refractivity contribution is 8.18. The summed E-state index contributed by atoms with van der Waals surface area (Å²) in [5.74, 6) is -1.27. The van der Waals surface area contributed by atoms with Gasteiger partial charge in [0.15, 0.2) is 11.5 Å². The second-order valence-corrected chi connectivity index (χ2v) is 6.26. The lowest BCUT2D eigenvalue weighted by atomic mass is 10.2. The lowest BCUT2D eigenvalue weighted by molar-refractivity contribution is -0.145. The first-order valence-electron chi connectivity index (χ1n) is 7.43. The Morgan fingerprint density at radius 1 is 1.32 bits per heavy atom. The number of imide groups is 1. The maximum atomic E-state index is 12.3. The second kappa shape index (κ2) is 8.26. The smallest absolute Gasteiger partial charge is 0.326 e. The second-order valence-electron chi connectivity index (χ2n) is 4.86. The molecule has 0 aromatic heterocycles. The van der Waals surface area contributed by atoms with Gasteiger partial charge in [0.25, 0.3) is 11.1 Å². The molecule has 1 N–H and O–H groups in total. The van der Waals surface area contributed by atoms with Crippen LogP contribution in [0.1, 0.15) is 19.4 Å². The fourth-order valence-corrected chi connectivity index (χ4v) is 3.12. The van der Waals surface area contributed by atoms with E-state index in [1.807, 2.05) is 0 Å². The van der Waals surface area contributed by atoms with Gasteiger partial charge in [-0.3, -0.25) is 19.3 Å². The van der Waals surface area contributed by atoms with Gasteiger partial charge in [0.05, 0.1) is 23.1 Å². The number of phenols is 1. The van der Waals surface area contributed by atoms with E-state index in [0.29, 0.717) is 23.9 Å². The van der Waals surface area contributed by atoms with Crippen LogP contribution in [0.2, 0.25) is 5.02 Å². The standard InChI is InChI=1S/C16H16ClNO6S/c1-3-23-11-6-9(5-10(17)14(11)20)7-12-15(21)18(16(22)25-12)8-13(19)24-4-2/h5-7,20H,3-4,8H2,1-2H3/b12-7-. The summed E-state index contributed by atoms with van der Waals surface area (Å²) < 4.78 is 10.0. The Morgan fingerprint density at radius 2 is 2.04 bits per heavy atom. The van der Waals surface area contributed by atoms with Gasteiger partial charge in [-0.2, -0.15) is 0 Å². The van der Waals surface area contributed by atoms with E-state index < -0.39 is 23.7 Å². The molecule has 0 spiro atoms. The van der Waals surface area contributed by atoms with Crippen LogP contribution in [-0.4, -0.2) is 46.9 Å². The molecule has 2 amide bonds. The zero-order valence-corrected chi connectivity index (χ0v) is 15.1. The monoisotopic (exact) mass is 385 g/mol. The number of nitrogens with zero attached hydrogens (tertiary/aromatic N) is 1. The van der Waals surface area contributed by atoms with Crippen LogP contribution in [0.5, 0.6) is 11.5 Å². The third-order valence-corrected chi connectivity index (χ3v) is 4.31. The number of hydrogen-bond donors (Lipinski definition) is 1. The van der Waals surface area contributed by atoms with Crippen LogP contribution in [0.4, 0.5) is 4.79 Å². The van der Waals surface area contributed by atoms with Crippen molar-refractivity contribution in [1.82, 2.24) is 4.90 Å². The van der Waals surface area contributed by atoms with Crippen LogP contribution in [0.15, 0.2) is 17.0 Å².